The Morgan fingerprint density at radius 2 is 1.96 bits per heavy atom. The van der Waals surface area contributed by atoms with Gasteiger partial charge in [-0.1, -0.05) is 44.9 Å². The lowest BCUT2D eigenvalue weighted by molar-refractivity contribution is -0.118. The van der Waals surface area contributed by atoms with Crippen molar-refractivity contribution in [3.05, 3.63) is 29.8 Å². The van der Waals surface area contributed by atoms with Crippen LogP contribution in [0.2, 0.25) is 0 Å². The summed E-state index contributed by atoms with van der Waals surface area (Å²) >= 11 is 0. The van der Waals surface area contributed by atoms with Gasteiger partial charge in [0, 0.05) is 38.8 Å². The SMILES string of the molecule is CCC(CC)CNC(=NC)NCCCC(=O)N1CCc2ccccc21.I. The second-order valence-corrected chi connectivity index (χ2v) is 6.59. The number of aliphatic imine (C=N–C) groups is 1. The molecule has 1 amide bonds. The van der Waals surface area contributed by atoms with Gasteiger partial charge in [0.1, 0.15) is 0 Å². The smallest absolute Gasteiger partial charge is 0.227 e. The molecule has 0 fully saturated rings. The summed E-state index contributed by atoms with van der Waals surface area (Å²) < 4.78 is 0. The standard InChI is InChI=1S/C20H32N4O.HI/c1-4-16(5-2)15-23-20(21-3)22-13-8-11-19(25)24-14-12-17-9-6-7-10-18(17)24;/h6-7,9-10,16H,4-5,8,11-15H2,1-3H3,(H2,21,22,23);1H. The Bertz CT molecular complexity index is 587. The van der Waals surface area contributed by atoms with Crippen LogP contribution in [0.4, 0.5) is 5.69 Å². The minimum absolute atomic E-state index is 0. The van der Waals surface area contributed by atoms with Gasteiger partial charge in [-0.3, -0.25) is 9.79 Å². The van der Waals surface area contributed by atoms with Gasteiger partial charge in [-0.05, 0) is 30.4 Å². The average Bonchev–Trinajstić information content (AvgIpc) is 3.08. The average molecular weight is 472 g/mol. The van der Waals surface area contributed by atoms with Crippen molar-refractivity contribution >= 4 is 41.5 Å². The molecule has 1 aromatic carbocycles. The molecule has 0 unspecified atom stereocenters. The van der Waals surface area contributed by atoms with E-state index in [2.05, 4.69) is 35.5 Å². The summed E-state index contributed by atoms with van der Waals surface area (Å²) in [5.41, 5.74) is 2.36. The molecule has 5 nitrogen and oxygen atoms in total. The molecule has 0 aliphatic carbocycles. The van der Waals surface area contributed by atoms with Crippen molar-refractivity contribution in [3.8, 4) is 0 Å². The van der Waals surface area contributed by atoms with E-state index in [4.69, 9.17) is 0 Å². The van der Waals surface area contributed by atoms with E-state index in [1.165, 1.54) is 18.4 Å². The molecule has 6 heteroatoms. The van der Waals surface area contributed by atoms with Crippen LogP contribution in [-0.2, 0) is 11.2 Å². The fourth-order valence-corrected chi connectivity index (χ4v) is 3.22. The topological polar surface area (TPSA) is 56.7 Å². The molecule has 0 aromatic heterocycles. The normalized spacial score (nSPS) is 13.4. The maximum atomic E-state index is 12.5. The number of nitrogens with one attached hydrogen (secondary N) is 2. The van der Waals surface area contributed by atoms with Gasteiger partial charge in [-0.15, -0.1) is 24.0 Å². The van der Waals surface area contributed by atoms with E-state index in [-0.39, 0.29) is 29.9 Å². The highest BCUT2D eigenvalue weighted by Gasteiger charge is 2.23. The summed E-state index contributed by atoms with van der Waals surface area (Å²) in [5, 5.41) is 6.68. The number of carbonyl (C=O) groups is 1. The number of anilines is 1. The first kappa shape index (κ1) is 22.7. The Morgan fingerprint density at radius 3 is 2.65 bits per heavy atom. The lowest BCUT2D eigenvalue weighted by Crippen LogP contribution is -2.40. The van der Waals surface area contributed by atoms with Crippen molar-refractivity contribution in [1.29, 1.82) is 0 Å². The first-order valence-electron chi connectivity index (χ1n) is 9.52. The Hall–Kier alpha value is -1.31. The van der Waals surface area contributed by atoms with Gasteiger partial charge < -0.3 is 15.5 Å². The largest absolute Gasteiger partial charge is 0.356 e. The molecule has 146 valence electrons. The van der Waals surface area contributed by atoms with Crippen molar-refractivity contribution in [2.24, 2.45) is 10.9 Å². The van der Waals surface area contributed by atoms with Crippen molar-refractivity contribution in [2.45, 2.75) is 46.0 Å². The minimum Gasteiger partial charge on any atom is -0.356 e. The van der Waals surface area contributed by atoms with Gasteiger partial charge in [0.15, 0.2) is 5.96 Å². The zero-order valence-electron chi connectivity index (χ0n) is 16.3. The van der Waals surface area contributed by atoms with Gasteiger partial charge in [-0.2, -0.15) is 0 Å². The predicted molar refractivity (Wildman–Crippen MR) is 121 cm³/mol. The molecule has 0 atom stereocenters. The molecule has 1 aliphatic heterocycles. The maximum absolute atomic E-state index is 12.5. The van der Waals surface area contributed by atoms with E-state index in [0.29, 0.717) is 12.3 Å². The Labute approximate surface area is 175 Å². The van der Waals surface area contributed by atoms with Gasteiger partial charge in [0.05, 0.1) is 0 Å². The molecule has 0 radical (unpaired) electrons. The molecule has 26 heavy (non-hydrogen) atoms. The summed E-state index contributed by atoms with van der Waals surface area (Å²) in [6.45, 7) is 6.94. The third-order valence-corrected chi connectivity index (χ3v) is 4.98. The van der Waals surface area contributed by atoms with Crippen LogP contribution < -0.4 is 15.5 Å². The van der Waals surface area contributed by atoms with Crippen molar-refractivity contribution in [1.82, 2.24) is 10.6 Å². The number of benzene rings is 1. The van der Waals surface area contributed by atoms with Gasteiger partial charge in [0.2, 0.25) is 5.91 Å². The lowest BCUT2D eigenvalue weighted by atomic mass is 10.0. The first-order chi connectivity index (χ1) is 12.2. The Morgan fingerprint density at radius 1 is 1.23 bits per heavy atom. The quantitative estimate of drug-likeness (QED) is 0.263. The first-order valence-corrected chi connectivity index (χ1v) is 9.52. The summed E-state index contributed by atoms with van der Waals surface area (Å²) in [6.07, 6.45) is 4.68. The highest BCUT2D eigenvalue weighted by molar-refractivity contribution is 14.0. The van der Waals surface area contributed by atoms with Gasteiger partial charge in [0.25, 0.3) is 0 Å². The molecular weight excluding hydrogens is 439 g/mol. The number of carbonyl (C=O) groups excluding carboxylic acids is 1. The third-order valence-electron chi connectivity index (χ3n) is 4.98. The van der Waals surface area contributed by atoms with E-state index >= 15 is 0 Å². The number of rotatable bonds is 8. The fraction of sp³-hybridized carbons (Fsp3) is 0.600. The number of nitrogens with zero attached hydrogens (tertiary/aromatic N) is 2. The number of hydrogen-bond donors (Lipinski definition) is 2. The van der Waals surface area contributed by atoms with E-state index in [1.807, 2.05) is 23.1 Å². The number of para-hydroxylation sites is 1. The maximum Gasteiger partial charge on any atom is 0.227 e. The molecule has 0 bridgehead atoms. The molecule has 0 saturated carbocycles. The Kier molecular flexibility index (Phi) is 10.6. The van der Waals surface area contributed by atoms with Crippen molar-refractivity contribution in [2.75, 3.05) is 31.6 Å². The van der Waals surface area contributed by atoms with Crippen LogP contribution in [-0.4, -0.2) is 38.5 Å². The van der Waals surface area contributed by atoms with E-state index < -0.39 is 0 Å². The lowest BCUT2D eigenvalue weighted by Gasteiger charge is -2.18. The summed E-state index contributed by atoms with van der Waals surface area (Å²) in [4.78, 5) is 18.6. The number of guanidine groups is 1. The van der Waals surface area contributed by atoms with Crippen LogP contribution in [0.1, 0.15) is 45.1 Å². The van der Waals surface area contributed by atoms with Gasteiger partial charge >= 0.3 is 0 Å². The molecule has 1 heterocycles. The third kappa shape index (κ3) is 6.45. The van der Waals surface area contributed by atoms with E-state index in [9.17, 15) is 4.79 Å². The number of halogens is 1. The predicted octanol–water partition coefficient (Wildman–Crippen LogP) is 3.58. The van der Waals surface area contributed by atoms with Gasteiger partial charge in [-0.25, -0.2) is 0 Å². The minimum atomic E-state index is 0. The number of amides is 1. The second-order valence-electron chi connectivity index (χ2n) is 6.59. The zero-order valence-corrected chi connectivity index (χ0v) is 18.6. The van der Waals surface area contributed by atoms with Crippen LogP contribution in [0.5, 0.6) is 0 Å². The molecule has 2 N–H and O–H groups in total. The van der Waals surface area contributed by atoms with Crippen LogP contribution in [0, 0.1) is 5.92 Å². The zero-order chi connectivity index (χ0) is 18.1. The molecule has 0 saturated heterocycles. The highest BCUT2D eigenvalue weighted by Crippen LogP contribution is 2.27. The summed E-state index contributed by atoms with van der Waals surface area (Å²) in [5.74, 6) is 1.72. The molecule has 2 rings (SSSR count). The number of hydrogen-bond acceptors (Lipinski definition) is 2. The molecule has 1 aliphatic rings. The van der Waals surface area contributed by atoms with Crippen molar-refractivity contribution in [3.63, 3.8) is 0 Å². The van der Waals surface area contributed by atoms with Crippen LogP contribution in [0.3, 0.4) is 0 Å². The summed E-state index contributed by atoms with van der Waals surface area (Å²) in [7, 11) is 1.79. The van der Waals surface area contributed by atoms with E-state index in [0.717, 1.165) is 44.1 Å². The highest BCUT2D eigenvalue weighted by atomic mass is 127. The van der Waals surface area contributed by atoms with E-state index in [1.54, 1.807) is 7.05 Å². The van der Waals surface area contributed by atoms with Crippen LogP contribution in [0.15, 0.2) is 29.3 Å². The fourth-order valence-electron chi connectivity index (χ4n) is 3.22. The number of fused-ring (bicyclic) bond motifs is 1. The molecular formula is C20H33IN4O. The van der Waals surface area contributed by atoms with Crippen LogP contribution in [0.25, 0.3) is 0 Å². The van der Waals surface area contributed by atoms with Crippen LogP contribution >= 0.6 is 24.0 Å². The monoisotopic (exact) mass is 472 g/mol. The second kappa shape index (κ2) is 12.1. The Balaban J connectivity index is 0.00000338. The van der Waals surface area contributed by atoms with Crippen molar-refractivity contribution < 1.29 is 4.79 Å². The summed E-state index contributed by atoms with van der Waals surface area (Å²) in [6, 6.07) is 8.19. The molecule has 0 spiro atoms. The molecule has 1 aromatic rings.